The zero-order chi connectivity index (χ0) is 31.4. The topological polar surface area (TPSA) is 187 Å². The zero-order valence-electron chi connectivity index (χ0n) is 24.0. The monoisotopic (exact) mass is 600 g/mol. The van der Waals surface area contributed by atoms with Crippen LogP contribution in [-0.2, 0) is 24.3 Å². The first-order valence-corrected chi connectivity index (χ1v) is 14.4. The molecule has 0 aliphatic heterocycles. The largest absolute Gasteiger partial charge is 0.462 e. The van der Waals surface area contributed by atoms with E-state index in [0.717, 1.165) is 17.7 Å². The minimum Gasteiger partial charge on any atom is -0.462 e. The number of aromatic nitrogens is 1. The first-order valence-electron chi connectivity index (χ1n) is 12.9. The number of carbonyl (C=O) groups excluding carboxylic acids is 3. The number of carbonyl (C=O) groups is 3. The van der Waals surface area contributed by atoms with Gasteiger partial charge < -0.3 is 19.8 Å². The van der Waals surface area contributed by atoms with Gasteiger partial charge in [-0.1, -0.05) is 17.7 Å². The van der Waals surface area contributed by atoms with Crippen molar-refractivity contribution in [2.75, 3.05) is 23.2 Å². The number of sulfonamides is 1. The molecule has 0 amide bonds. The van der Waals surface area contributed by atoms with Gasteiger partial charge in [-0.2, -0.15) is 0 Å². The van der Waals surface area contributed by atoms with E-state index in [0.29, 0.717) is 22.5 Å². The Morgan fingerprint density at radius 3 is 2.33 bits per heavy atom. The van der Waals surface area contributed by atoms with Crippen LogP contribution in [0.5, 0.6) is 0 Å². The van der Waals surface area contributed by atoms with Crippen LogP contribution in [0.1, 0.15) is 57.1 Å². The first kappa shape index (κ1) is 31.8. The van der Waals surface area contributed by atoms with Crippen molar-refractivity contribution in [2.24, 2.45) is 0 Å². The van der Waals surface area contributed by atoms with Crippen LogP contribution in [0, 0.1) is 37.8 Å². The number of rotatable bonds is 12. The molecule has 224 valence electrons. The highest BCUT2D eigenvalue weighted by Crippen LogP contribution is 2.29. The Morgan fingerprint density at radius 1 is 1.05 bits per heavy atom. The number of nitrogens with zero attached hydrogens (tertiary/aromatic N) is 1. The van der Waals surface area contributed by atoms with E-state index in [9.17, 15) is 32.9 Å². The molecular weight excluding hydrogens is 568 g/mol. The minimum atomic E-state index is -4.16. The molecule has 0 aliphatic rings. The average molecular weight is 601 g/mol. The normalized spacial score (nSPS) is 11.9. The molecule has 0 fully saturated rings. The van der Waals surface area contributed by atoms with E-state index in [1.807, 2.05) is 6.92 Å². The van der Waals surface area contributed by atoms with Crippen LogP contribution in [0.25, 0.3) is 0 Å². The fraction of sp³-hybridized carbons (Fsp3) is 0.321. The molecule has 1 heterocycles. The van der Waals surface area contributed by atoms with Gasteiger partial charge in [0.15, 0.2) is 6.10 Å². The summed E-state index contributed by atoms with van der Waals surface area (Å²) < 4.78 is 38.5. The molecule has 0 saturated carbocycles. The van der Waals surface area contributed by atoms with E-state index >= 15 is 0 Å². The van der Waals surface area contributed by atoms with Gasteiger partial charge in [-0.3, -0.25) is 24.4 Å². The van der Waals surface area contributed by atoms with Crippen molar-refractivity contribution in [3.63, 3.8) is 0 Å². The molecule has 0 unspecified atom stereocenters. The molecule has 13 nitrogen and oxygen atoms in total. The lowest BCUT2D eigenvalue weighted by Crippen LogP contribution is -2.28. The van der Waals surface area contributed by atoms with Crippen molar-refractivity contribution < 1.29 is 37.2 Å². The van der Waals surface area contributed by atoms with Crippen LogP contribution in [0.3, 0.4) is 0 Å². The molecule has 0 bridgehead atoms. The molecular formula is C28H32N4O9S. The SMILES string of the molecule is CCOC(=O)c1c(C)[nH]c(C(=O)[C@H](C)OC(=O)CNc2ccc(S(=O)(=O)Nc3ccc(C)cc3C)cc2[N+](=O)[O-])c1C. The number of Topliss-reactive ketones (excluding diaryl/α,β-unsaturated/α-hetero) is 1. The van der Waals surface area contributed by atoms with Gasteiger partial charge in [0.05, 0.1) is 33.4 Å². The van der Waals surface area contributed by atoms with Gasteiger partial charge in [-0.15, -0.1) is 0 Å². The summed E-state index contributed by atoms with van der Waals surface area (Å²) in [4.78, 5) is 51.1. The Kier molecular flexibility index (Phi) is 9.73. The number of anilines is 2. The average Bonchev–Trinajstić information content (AvgIpc) is 3.21. The van der Waals surface area contributed by atoms with Crippen LogP contribution >= 0.6 is 0 Å². The van der Waals surface area contributed by atoms with Crippen LogP contribution in [0.2, 0.25) is 0 Å². The first-order chi connectivity index (χ1) is 19.7. The number of hydrogen-bond donors (Lipinski definition) is 3. The number of nitrogens with one attached hydrogen (secondary N) is 3. The molecule has 0 spiro atoms. The maximum Gasteiger partial charge on any atom is 0.340 e. The van der Waals surface area contributed by atoms with E-state index in [1.54, 1.807) is 45.9 Å². The highest BCUT2D eigenvalue weighted by atomic mass is 32.2. The number of nitro benzene ring substituents is 1. The molecule has 0 radical (unpaired) electrons. The second-order valence-electron chi connectivity index (χ2n) is 9.56. The van der Waals surface area contributed by atoms with Crippen molar-refractivity contribution in [3.05, 3.63) is 80.2 Å². The molecule has 42 heavy (non-hydrogen) atoms. The Labute approximate surface area is 242 Å². The van der Waals surface area contributed by atoms with Crippen LogP contribution in [0.15, 0.2) is 41.3 Å². The van der Waals surface area contributed by atoms with E-state index in [2.05, 4.69) is 15.0 Å². The highest BCUT2D eigenvalue weighted by molar-refractivity contribution is 7.92. The number of H-pyrrole nitrogens is 1. The predicted molar refractivity (Wildman–Crippen MR) is 154 cm³/mol. The Morgan fingerprint density at radius 2 is 1.71 bits per heavy atom. The summed E-state index contributed by atoms with van der Waals surface area (Å²) in [7, 11) is -4.16. The summed E-state index contributed by atoms with van der Waals surface area (Å²) >= 11 is 0. The molecule has 1 aromatic heterocycles. The van der Waals surface area contributed by atoms with Gasteiger partial charge >= 0.3 is 11.9 Å². The number of hydrogen-bond acceptors (Lipinski definition) is 10. The zero-order valence-corrected chi connectivity index (χ0v) is 24.8. The standard InChI is InChI=1S/C28H32N4O9S/c1-7-40-28(35)25-17(4)26(30-18(25)5)27(34)19(6)41-24(33)14-29-22-11-9-20(13-23(22)32(36)37)42(38,39)31-21-10-8-15(2)12-16(21)3/h8-13,19,29-31H,7,14H2,1-6H3/t19-/m0/s1. The second kappa shape index (κ2) is 12.9. The molecule has 2 aromatic carbocycles. The van der Waals surface area contributed by atoms with Gasteiger partial charge in [0, 0.05) is 11.8 Å². The third-order valence-electron chi connectivity index (χ3n) is 6.37. The number of benzene rings is 2. The van der Waals surface area contributed by atoms with E-state index in [1.165, 1.54) is 13.0 Å². The lowest BCUT2D eigenvalue weighted by atomic mass is 10.1. The third-order valence-corrected chi connectivity index (χ3v) is 7.73. The highest BCUT2D eigenvalue weighted by Gasteiger charge is 2.28. The number of aryl methyl sites for hydroxylation is 3. The maximum absolute atomic E-state index is 12.9. The van der Waals surface area contributed by atoms with Gasteiger partial charge in [-0.05, 0) is 70.9 Å². The molecule has 3 rings (SSSR count). The summed E-state index contributed by atoms with van der Waals surface area (Å²) in [6, 6.07) is 8.33. The summed E-state index contributed by atoms with van der Waals surface area (Å²) in [6.45, 7) is 9.39. The fourth-order valence-electron chi connectivity index (χ4n) is 4.28. The number of ketones is 1. The lowest BCUT2D eigenvalue weighted by molar-refractivity contribution is -0.384. The molecule has 0 saturated heterocycles. The van der Waals surface area contributed by atoms with Gasteiger partial charge in [-0.25, -0.2) is 13.2 Å². The molecule has 0 aliphatic carbocycles. The number of nitro groups is 1. The number of ether oxygens (including phenoxy) is 2. The fourth-order valence-corrected chi connectivity index (χ4v) is 5.43. The number of aromatic amines is 1. The molecule has 1 atom stereocenters. The van der Waals surface area contributed by atoms with Gasteiger partial charge in [0.2, 0.25) is 5.78 Å². The smallest absolute Gasteiger partial charge is 0.340 e. The molecule has 3 N–H and O–H groups in total. The predicted octanol–water partition coefficient (Wildman–Crippen LogP) is 4.36. The number of esters is 2. The Bertz CT molecular complexity index is 1660. The van der Waals surface area contributed by atoms with Crippen LogP contribution < -0.4 is 10.0 Å². The summed E-state index contributed by atoms with van der Waals surface area (Å²) in [5.74, 6) is -2.07. The van der Waals surface area contributed by atoms with Crippen molar-refractivity contribution >= 4 is 44.8 Å². The van der Waals surface area contributed by atoms with E-state index in [4.69, 9.17) is 9.47 Å². The quantitative estimate of drug-likeness (QED) is 0.117. The Balaban J connectivity index is 1.70. The summed E-state index contributed by atoms with van der Waals surface area (Å²) in [6.07, 6.45) is -1.25. The molecule has 3 aromatic rings. The van der Waals surface area contributed by atoms with E-state index < -0.39 is 51.0 Å². The minimum absolute atomic E-state index is 0.0886. The lowest BCUT2D eigenvalue weighted by Gasteiger charge is -2.14. The summed E-state index contributed by atoms with van der Waals surface area (Å²) in [5, 5.41) is 14.3. The van der Waals surface area contributed by atoms with Crippen LogP contribution in [0.4, 0.5) is 17.1 Å². The Hall–Kier alpha value is -4.72. The second-order valence-corrected chi connectivity index (χ2v) is 11.2. The van der Waals surface area contributed by atoms with Gasteiger partial charge in [0.25, 0.3) is 15.7 Å². The van der Waals surface area contributed by atoms with Crippen molar-refractivity contribution in [1.82, 2.24) is 4.98 Å². The third kappa shape index (κ3) is 7.13. The summed E-state index contributed by atoms with van der Waals surface area (Å²) in [5.41, 5.74) is 2.34. The molecule has 14 heteroatoms. The van der Waals surface area contributed by atoms with Crippen molar-refractivity contribution in [2.45, 2.75) is 52.5 Å². The van der Waals surface area contributed by atoms with Gasteiger partial charge in [0.1, 0.15) is 12.2 Å². The van der Waals surface area contributed by atoms with Crippen molar-refractivity contribution in [3.8, 4) is 0 Å². The van der Waals surface area contributed by atoms with Crippen LogP contribution in [-0.4, -0.2) is 55.3 Å². The van der Waals surface area contributed by atoms with E-state index in [-0.39, 0.29) is 28.4 Å². The maximum atomic E-state index is 12.9. The van der Waals surface area contributed by atoms with Crippen molar-refractivity contribution in [1.29, 1.82) is 0 Å².